The quantitative estimate of drug-likeness (QED) is 0.903. The summed E-state index contributed by atoms with van der Waals surface area (Å²) in [7, 11) is 0. The summed E-state index contributed by atoms with van der Waals surface area (Å²) >= 11 is 5.65. The van der Waals surface area contributed by atoms with E-state index in [1.807, 2.05) is 24.3 Å². The molecule has 0 bridgehead atoms. The molecule has 0 aliphatic heterocycles. The highest BCUT2D eigenvalue weighted by molar-refractivity contribution is 6.30. The van der Waals surface area contributed by atoms with Crippen molar-refractivity contribution >= 4 is 17.5 Å². The number of halogens is 2. The van der Waals surface area contributed by atoms with E-state index in [-0.39, 0.29) is 17.5 Å². The molecule has 6 heteroatoms. The molecule has 1 aliphatic rings. The number of fused-ring (bicyclic) bond motifs is 1. The van der Waals surface area contributed by atoms with Gasteiger partial charge in [0, 0.05) is 12.5 Å². The Kier molecular flexibility index (Phi) is 4.50. The van der Waals surface area contributed by atoms with Crippen LogP contribution in [0.1, 0.15) is 17.2 Å². The average molecular weight is 336 g/mol. The molecule has 0 heterocycles. The molecule has 1 amide bonds. The fourth-order valence-electron chi connectivity index (χ4n) is 2.68. The Balaban J connectivity index is 1.60. The first-order valence-electron chi connectivity index (χ1n) is 7.17. The number of amides is 1. The van der Waals surface area contributed by atoms with Crippen LogP contribution in [0.25, 0.3) is 0 Å². The second-order valence-electron chi connectivity index (χ2n) is 5.38. The second kappa shape index (κ2) is 6.56. The monoisotopic (exact) mass is 335 g/mol. The lowest BCUT2D eigenvalue weighted by Gasteiger charge is -2.18. The predicted octanol–water partition coefficient (Wildman–Crippen LogP) is 2.63. The van der Waals surface area contributed by atoms with E-state index in [2.05, 4.69) is 5.32 Å². The van der Waals surface area contributed by atoms with Gasteiger partial charge in [0.15, 0.2) is 6.61 Å². The smallest absolute Gasteiger partial charge is 0.258 e. The zero-order valence-corrected chi connectivity index (χ0v) is 12.9. The van der Waals surface area contributed by atoms with E-state index >= 15 is 0 Å². The zero-order chi connectivity index (χ0) is 16.4. The third-order valence-corrected chi connectivity index (χ3v) is 4.07. The van der Waals surface area contributed by atoms with Crippen LogP contribution >= 0.6 is 11.6 Å². The number of aliphatic hydroxyl groups is 1. The fourth-order valence-corrected chi connectivity index (χ4v) is 2.85. The molecular weight excluding hydrogens is 321 g/mol. The molecular formula is C17H15ClFNO3. The van der Waals surface area contributed by atoms with Crippen LogP contribution in [0.5, 0.6) is 5.75 Å². The van der Waals surface area contributed by atoms with Crippen molar-refractivity contribution in [1.82, 2.24) is 5.32 Å². The molecule has 0 radical (unpaired) electrons. The lowest BCUT2D eigenvalue weighted by Crippen LogP contribution is -2.36. The van der Waals surface area contributed by atoms with Crippen LogP contribution in [0.3, 0.4) is 0 Å². The lowest BCUT2D eigenvalue weighted by atomic mass is 10.1. The molecule has 2 atom stereocenters. The van der Waals surface area contributed by atoms with Crippen LogP contribution in [-0.2, 0) is 11.2 Å². The Labute approximate surface area is 137 Å². The minimum absolute atomic E-state index is 0.0666. The zero-order valence-electron chi connectivity index (χ0n) is 12.1. The maximum absolute atomic E-state index is 13.1. The van der Waals surface area contributed by atoms with Crippen molar-refractivity contribution in [1.29, 1.82) is 0 Å². The van der Waals surface area contributed by atoms with Crippen LogP contribution in [0.15, 0.2) is 42.5 Å². The standard InChI is InChI=1S/C17H15ClFNO3/c18-13-8-11(5-6-14(13)19)23-9-16(22)20-17-12-4-2-1-3-10(12)7-15(17)21/h1-6,8,15,17,21H,7,9H2,(H,20,22). The van der Waals surface area contributed by atoms with Crippen molar-refractivity contribution in [2.75, 3.05) is 6.61 Å². The van der Waals surface area contributed by atoms with Crippen LogP contribution in [0.2, 0.25) is 5.02 Å². The molecule has 0 aromatic heterocycles. The Morgan fingerprint density at radius 2 is 2.13 bits per heavy atom. The first kappa shape index (κ1) is 15.8. The Morgan fingerprint density at radius 1 is 1.35 bits per heavy atom. The highest BCUT2D eigenvalue weighted by Crippen LogP contribution is 2.31. The number of rotatable bonds is 4. The number of hydrogen-bond acceptors (Lipinski definition) is 3. The van der Waals surface area contributed by atoms with E-state index in [0.29, 0.717) is 12.2 Å². The number of nitrogens with one attached hydrogen (secondary N) is 1. The highest BCUT2D eigenvalue weighted by atomic mass is 35.5. The van der Waals surface area contributed by atoms with E-state index in [4.69, 9.17) is 16.3 Å². The molecule has 0 fully saturated rings. The predicted molar refractivity (Wildman–Crippen MR) is 83.9 cm³/mol. The number of ether oxygens (including phenoxy) is 1. The second-order valence-corrected chi connectivity index (χ2v) is 5.79. The summed E-state index contributed by atoms with van der Waals surface area (Å²) in [4.78, 5) is 12.0. The molecule has 4 nitrogen and oxygen atoms in total. The summed E-state index contributed by atoms with van der Waals surface area (Å²) in [5.74, 6) is -0.612. The first-order valence-corrected chi connectivity index (χ1v) is 7.55. The third kappa shape index (κ3) is 3.46. The Morgan fingerprint density at radius 3 is 2.91 bits per heavy atom. The number of benzene rings is 2. The minimum atomic E-state index is -0.656. The van der Waals surface area contributed by atoms with Gasteiger partial charge in [0.2, 0.25) is 0 Å². The van der Waals surface area contributed by atoms with Gasteiger partial charge in [0.25, 0.3) is 5.91 Å². The van der Waals surface area contributed by atoms with Crippen molar-refractivity contribution in [3.8, 4) is 5.75 Å². The summed E-state index contributed by atoms with van der Waals surface area (Å²) in [5.41, 5.74) is 1.94. The lowest BCUT2D eigenvalue weighted by molar-refractivity contribution is -0.124. The van der Waals surface area contributed by atoms with Gasteiger partial charge < -0.3 is 15.2 Å². The van der Waals surface area contributed by atoms with Gasteiger partial charge >= 0.3 is 0 Å². The van der Waals surface area contributed by atoms with Crippen molar-refractivity contribution in [2.24, 2.45) is 0 Å². The van der Waals surface area contributed by atoms with E-state index in [1.54, 1.807) is 0 Å². The minimum Gasteiger partial charge on any atom is -0.484 e. The summed E-state index contributed by atoms with van der Waals surface area (Å²) in [6.07, 6.45) is -0.146. The summed E-state index contributed by atoms with van der Waals surface area (Å²) in [6, 6.07) is 11.0. The SMILES string of the molecule is O=C(COc1ccc(F)c(Cl)c1)NC1c2ccccc2CC1O. The highest BCUT2D eigenvalue weighted by Gasteiger charge is 2.31. The maximum atomic E-state index is 13.1. The first-order chi connectivity index (χ1) is 11.0. The number of aliphatic hydroxyl groups excluding tert-OH is 1. The molecule has 1 aliphatic carbocycles. The summed E-state index contributed by atoms with van der Waals surface area (Å²) in [6.45, 7) is -0.243. The van der Waals surface area contributed by atoms with Gasteiger partial charge in [-0.3, -0.25) is 4.79 Å². The van der Waals surface area contributed by atoms with Gasteiger partial charge in [-0.2, -0.15) is 0 Å². The van der Waals surface area contributed by atoms with Crippen molar-refractivity contribution < 1.29 is 19.0 Å². The maximum Gasteiger partial charge on any atom is 0.258 e. The van der Waals surface area contributed by atoms with Crippen LogP contribution in [0.4, 0.5) is 4.39 Å². The van der Waals surface area contributed by atoms with Crippen molar-refractivity contribution in [2.45, 2.75) is 18.6 Å². The third-order valence-electron chi connectivity index (χ3n) is 3.78. The molecule has 120 valence electrons. The van der Waals surface area contributed by atoms with Gasteiger partial charge in [-0.1, -0.05) is 35.9 Å². The van der Waals surface area contributed by atoms with E-state index < -0.39 is 18.0 Å². The number of carbonyl (C=O) groups excluding carboxylic acids is 1. The molecule has 2 unspecified atom stereocenters. The molecule has 2 aromatic carbocycles. The van der Waals surface area contributed by atoms with Crippen molar-refractivity contribution in [3.05, 3.63) is 64.4 Å². The van der Waals surface area contributed by atoms with E-state index in [9.17, 15) is 14.3 Å². The molecule has 0 saturated heterocycles. The Bertz CT molecular complexity index is 738. The van der Waals surface area contributed by atoms with Gasteiger partial charge in [-0.25, -0.2) is 4.39 Å². The van der Waals surface area contributed by atoms with Crippen LogP contribution in [0, 0.1) is 5.82 Å². The molecule has 0 saturated carbocycles. The van der Waals surface area contributed by atoms with E-state index in [0.717, 1.165) is 11.1 Å². The largest absolute Gasteiger partial charge is 0.484 e. The average Bonchev–Trinajstić information content (AvgIpc) is 2.84. The van der Waals surface area contributed by atoms with E-state index in [1.165, 1.54) is 18.2 Å². The number of hydrogen-bond donors (Lipinski definition) is 2. The number of carbonyl (C=O) groups is 1. The molecule has 0 spiro atoms. The molecule has 2 aromatic rings. The summed E-state index contributed by atoms with van der Waals surface area (Å²) < 4.78 is 18.3. The van der Waals surface area contributed by atoms with Gasteiger partial charge in [-0.05, 0) is 23.3 Å². The molecule has 2 N–H and O–H groups in total. The van der Waals surface area contributed by atoms with Crippen LogP contribution < -0.4 is 10.1 Å². The molecule has 3 rings (SSSR count). The molecule has 23 heavy (non-hydrogen) atoms. The van der Waals surface area contributed by atoms with Crippen molar-refractivity contribution in [3.63, 3.8) is 0 Å². The normalized spacial score (nSPS) is 19.3. The summed E-state index contributed by atoms with van der Waals surface area (Å²) in [5, 5.41) is 12.8. The van der Waals surface area contributed by atoms with Gasteiger partial charge in [0.1, 0.15) is 11.6 Å². The van der Waals surface area contributed by atoms with Gasteiger partial charge in [0.05, 0.1) is 17.2 Å². The fraction of sp³-hybridized carbons (Fsp3) is 0.235. The topological polar surface area (TPSA) is 58.6 Å². The van der Waals surface area contributed by atoms with Gasteiger partial charge in [-0.15, -0.1) is 0 Å². The Hall–Kier alpha value is -2.11. The van der Waals surface area contributed by atoms with Crippen LogP contribution in [-0.4, -0.2) is 23.7 Å².